The van der Waals surface area contributed by atoms with Crippen LogP contribution in [0.3, 0.4) is 0 Å². The molecule has 0 spiro atoms. The molecule has 0 fully saturated rings. The molecule has 546 valence electrons. The summed E-state index contributed by atoms with van der Waals surface area (Å²) >= 11 is 0. The first kappa shape index (κ1) is 90.1. The molecule has 0 rings (SSSR count). The largest absolute Gasteiger partial charge is 0.472 e. The summed E-state index contributed by atoms with van der Waals surface area (Å²) in [6.07, 6.45) is 51.8. The third-order valence-electron chi connectivity index (χ3n) is 17.0. The van der Waals surface area contributed by atoms with Crippen LogP contribution in [-0.4, -0.2) is 96.7 Å². The van der Waals surface area contributed by atoms with E-state index in [4.69, 9.17) is 37.0 Å². The fourth-order valence-corrected chi connectivity index (χ4v) is 12.7. The van der Waals surface area contributed by atoms with Crippen molar-refractivity contribution >= 4 is 39.5 Å². The minimum atomic E-state index is -4.95. The Morgan fingerprint density at radius 3 is 0.739 bits per heavy atom. The highest BCUT2D eigenvalue weighted by molar-refractivity contribution is 7.47. The number of esters is 4. The fourth-order valence-electron chi connectivity index (χ4n) is 11.1. The third-order valence-corrected chi connectivity index (χ3v) is 18.9. The SMILES string of the molecule is CCCCCCCCCCCCCCCCCCCCCCCCC(=O)O[C@H](COC(=O)CCCCCCCCCCCCC(C)C)COP(=O)(O)OC[C@@H](O)COP(=O)(O)OC[C@@H](COC(=O)CCCCCCCCCC)OC(=O)CCCCCCCCC(C)C. The Morgan fingerprint density at radius 1 is 0.293 bits per heavy atom. The van der Waals surface area contributed by atoms with E-state index < -0.39 is 97.5 Å². The molecule has 0 heterocycles. The van der Waals surface area contributed by atoms with Gasteiger partial charge in [-0.15, -0.1) is 0 Å². The molecule has 19 heteroatoms. The zero-order chi connectivity index (χ0) is 67.9. The van der Waals surface area contributed by atoms with Crippen LogP contribution < -0.4 is 0 Å². The van der Waals surface area contributed by atoms with E-state index in [1.54, 1.807) is 0 Å². The summed E-state index contributed by atoms with van der Waals surface area (Å²) in [5.74, 6) is -0.701. The Bertz CT molecular complexity index is 1790. The van der Waals surface area contributed by atoms with Crippen LogP contribution in [0.5, 0.6) is 0 Å². The van der Waals surface area contributed by atoms with Crippen molar-refractivity contribution in [3.8, 4) is 0 Å². The Kier molecular flexibility index (Phi) is 63.7. The molecule has 0 radical (unpaired) electrons. The number of ether oxygens (including phenoxy) is 4. The first-order valence-electron chi connectivity index (χ1n) is 38.0. The number of phosphoric ester groups is 2. The first-order chi connectivity index (χ1) is 44.4. The predicted molar refractivity (Wildman–Crippen MR) is 372 cm³/mol. The van der Waals surface area contributed by atoms with Crippen molar-refractivity contribution < 1.29 is 80.2 Å². The highest BCUT2D eigenvalue weighted by atomic mass is 31.2. The lowest BCUT2D eigenvalue weighted by molar-refractivity contribution is -0.161. The second kappa shape index (κ2) is 65.0. The topological polar surface area (TPSA) is 237 Å². The first-order valence-corrected chi connectivity index (χ1v) is 41.0. The van der Waals surface area contributed by atoms with Gasteiger partial charge in [0.2, 0.25) is 0 Å². The van der Waals surface area contributed by atoms with Crippen LogP contribution in [0.2, 0.25) is 0 Å². The fraction of sp³-hybridized carbons (Fsp3) is 0.945. The number of phosphoric acid groups is 2. The molecule has 17 nitrogen and oxygen atoms in total. The van der Waals surface area contributed by atoms with Crippen LogP contribution in [-0.2, 0) is 65.4 Å². The Labute approximate surface area is 562 Å². The minimum Gasteiger partial charge on any atom is -0.462 e. The van der Waals surface area contributed by atoms with Crippen molar-refractivity contribution in [2.75, 3.05) is 39.6 Å². The van der Waals surface area contributed by atoms with Gasteiger partial charge >= 0.3 is 39.5 Å². The number of unbranched alkanes of at least 4 members (excludes halogenated alkanes) is 42. The molecule has 0 aromatic rings. The van der Waals surface area contributed by atoms with Gasteiger partial charge in [-0.25, -0.2) is 9.13 Å². The molecule has 5 atom stereocenters. The quantitative estimate of drug-likeness (QED) is 0.0222. The molecule has 2 unspecified atom stereocenters. The number of aliphatic hydroxyl groups is 1. The third kappa shape index (κ3) is 66.7. The average Bonchev–Trinajstić information content (AvgIpc) is 3.74. The zero-order valence-electron chi connectivity index (χ0n) is 59.9. The molecular formula is C73H142O17P2. The van der Waals surface area contributed by atoms with Gasteiger partial charge in [-0.05, 0) is 37.5 Å². The van der Waals surface area contributed by atoms with Crippen molar-refractivity contribution in [3.05, 3.63) is 0 Å². The van der Waals surface area contributed by atoms with Crippen molar-refractivity contribution in [3.63, 3.8) is 0 Å². The molecule has 3 N–H and O–H groups in total. The lowest BCUT2D eigenvalue weighted by Crippen LogP contribution is -2.30. The van der Waals surface area contributed by atoms with E-state index in [-0.39, 0.29) is 25.7 Å². The van der Waals surface area contributed by atoms with Gasteiger partial charge in [-0.3, -0.25) is 37.3 Å². The van der Waals surface area contributed by atoms with Gasteiger partial charge in [0.05, 0.1) is 26.4 Å². The lowest BCUT2D eigenvalue weighted by atomic mass is 10.0. The van der Waals surface area contributed by atoms with E-state index in [1.807, 2.05) is 0 Å². The van der Waals surface area contributed by atoms with Crippen molar-refractivity contribution in [1.82, 2.24) is 0 Å². The molecule has 0 aliphatic carbocycles. The van der Waals surface area contributed by atoms with Crippen LogP contribution in [0.4, 0.5) is 0 Å². The molecule has 0 aromatic heterocycles. The number of hydrogen-bond donors (Lipinski definition) is 3. The summed E-state index contributed by atoms with van der Waals surface area (Å²) in [4.78, 5) is 72.5. The van der Waals surface area contributed by atoms with Gasteiger partial charge in [0.15, 0.2) is 12.2 Å². The van der Waals surface area contributed by atoms with E-state index in [2.05, 4.69) is 41.5 Å². The van der Waals surface area contributed by atoms with E-state index >= 15 is 0 Å². The molecular weight excluding hydrogens is 1210 g/mol. The normalized spacial score (nSPS) is 14.1. The molecule has 0 saturated heterocycles. The highest BCUT2D eigenvalue weighted by Crippen LogP contribution is 2.45. The Hall–Kier alpha value is -1.94. The van der Waals surface area contributed by atoms with Gasteiger partial charge in [-0.2, -0.15) is 0 Å². The Balaban J connectivity index is 5.13. The summed E-state index contributed by atoms with van der Waals surface area (Å²) in [6.45, 7) is 9.43. The van der Waals surface area contributed by atoms with Gasteiger partial charge < -0.3 is 33.8 Å². The molecule has 0 amide bonds. The second-order valence-corrected chi connectivity index (χ2v) is 30.2. The van der Waals surface area contributed by atoms with Crippen LogP contribution in [0.15, 0.2) is 0 Å². The van der Waals surface area contributed by atoms with Crippen LogP contribution >= 0.6 is 15.6 Å². The summed E-state index contributed by atoms with van der Waals surface area (Å²) in [7, 11) is -9.90. The number of carbonyl (C=O) groups is 4. The number of carbonyl (C=O) groups excluding carboxylic acids is 4. The van der Waals surface area contributed by atoms with Crippen molar-refractivity contribution in [2.24, 2.45) is 11.8 Å². The summed E-state index contributed by atoms with van der Waals surface area (Å²) < 4.78 is 68.2. The van der Waals surface area contributed by atoms with E-state index in [0.29, 0.717) is 31.6 Å². The maximum atomic E-state index is 13.1. The van der Waals surface area contributed by atoms with Crippen LogP contribution in [0, 0.1) is 11.8 Å². The van der Waals surface area contributed by atoms with Crippen LogP contribution in [0.1, 0.15) is 375 Å². The molecule has 0 bridgehead atoms. The van der Waals surface area contributed by atoms with E-state index in [1.165, 1.54) is 186 Å². The number of aliphatic hydroxyl groups excluding tert-OH is 1. The smallest absolute Gasteiger partial charge is 0.462 e. The van der Waals surface area contributed by atoms with Crippen LogP contribution in [0.25, 0.3) is 0 Å². The average molecular weight is 1350 g/mol. The van der Waals surface area contributed by atoms with E-state index in [0.717, 1.165) is 102 Å². The van der Waals surface area contributed by atoms with Crippen molar-refractivity contribution in [2.45, 2.75) is 394 Å². The molecule has 0 aliphatic heterocycles. The predicted octanol–water partition coefficient (Wildman–Crippen LogP) is 21.2. The van der Waals surface area contributed by atoms with Crippen molar-refractivity contribution in [1.29, 1.82) is 0 Å². The summed E-state index contributed by atoms with van der Waals surface area (Å²) in [6, 6.07) is 0. The highest BCUT2D eigenvalue weighted by Gasteiger charge is 2.30. The molecule has 92 heavy (non-hydrogen) atoms. The standard InChI is InChI=1S/C73H142O17P2/c1-7-9-11-13-15-17-18-19-20-21-22-23-24-25-26-27-28-29-34-38-45-51-57-72(77)89-68(61-84-71(76)56-50-44-37-33-31-30-32-35-41-47-53-65(3)4)63-87-91(79,80)85-59-67(74)60-86-92(81,82)88-64-69(62-83-70(75)55-49-43-36-16-14-12-10-8-2)90-73(78)58-52-46-40-39-42-48-54-66(5)6/h65-69,74H,7-64H2,1-6H3,(H,79,80)(H,81,82)/t67-,68-,69-/m1/s1. The molecule has 0 aromatic carbocycles. The zero-order valence-corrected chi connectivity index (χ0v) is 61.6. The maximum absolute atomic E-state index is 13.1. The minimum absolute atomic E-state index is 0.102. The summed E-state index contributed by atoms with van der Waals surface area (Å²) in [5, 5.41) is 10.6. The Morgan fingerprint density at radius 2 is 0.500 bits per heavy atom. The van der Waals surface area contributed by atoms with Gasteiger partial charge in [0.25, 0.3) is 0 Å². The van der Waals surface area contributed by atoms with Gasteiger partial charge in [-0.1, -0.05) is 324 Å². The molecule has 0 saturated carbocycles. The monoisotopic (exact) mass is 1350 g/mol. The van der Waals surface area contributed by atoms with Gasteiger partial charge in [0, 0.05) is 25.7 Å². The number of rotatable bonds is 72. The lowest BCUT2D eigenvalue weighted by Gasteiger charge is -2.21. The van der Waals surface area contributed by atoms with Gasteiger partial charge in [0.1, 0.15) is 19.3 Å². The summed E-state index contributed by atoms with van der Waals surface area (Å²) in [5.41, 5.74) is 0. The molecule has 0 aliphatic rings. The van der Waals surface area contributed by atoms with E-state index in [9.17, 15) is 43.2 Å². The number of hydrogen-bond acceptors (Lipinski definition) is 15. The second-order valence-electron chi connectivity index (χ2n) is 27.3. The maximum Gasteiger partial charge on any atom is 0.472 e.